The van der Waals surface area contributed by atoms with Gasteiger partial charge in [-0.3, -0.25) is 4.79 Å². The van der Waals surface area contributed by atoms with Crippen molar-refractivity contribution in [3.05, 3.63) is 35.9 Å². The third kappa shape index (κ3) is 1.92. The summed E-state index contributed by atoms with van der Waals surface area (Å²) in [5, 5.41) is 8.77. The molecule has 0 bridgehead atoms. The maximum atomic E-state index is 10.7. The zero-order valence-electron chi connectivity index (χ0n) is 7.97. The van der Waals surface area contributed by atoms with Gasteiger partial charge in [0.05, 0.1) is 5.54 Å². The Balaban J connectivity index is 3.02. The van der Waals surface area contributed by atoms with Crippen molar-refractivity contribution in [1.82, 2.24) is 0 Å². The number of carbonyl (C=O) groups is 1. The van der Waals surface area contributed by atoms with E-state index >= 15 is 0 Å². The molecule has 1 aromatic rings. The summed E-state index contributed by atoms with van der Waals surface area (Å²) in [6.45, 7) is 1.61. The van der Waals surface area contributed by atoms with Crippen molar-refractivity contribution in [2.45, 2.75) is 18.5 Å². The van der Waals surface area contributed by atoms with Crippen molar-refractivity contribution in [2.75, 3.05) is 0 Å². The average molecular weight is 194 g/mol. The summed E-state index contributed by atoms with van der Waals surface area (Å²) in [6.07, 6.45) is 0. The van der Waals surface area contributed by atoms with Crippen LogP contribution in [0.5, 0.6) is 0 Å². The van der Waals surface area contributed by atoms with Gasteiger partial charge in [0, 0.05) is 0 Å². The first-order valence-electron chi connectivity index (χ1n) is 4.29. The molecule has 0 amide bonds. The lowest BCUT2D eigenvalue weighted by atomic mass is 9.86. The van der Waals surface area contributed by atoms with Crippen LogP contribution in [0.15, 0.2) is 30.3 Å². The van der Waals surface area contributed by atoms with E-state index in [2.05, 4.69) is 0 Å². The third-order valence-corrected chi connectivity index (χ3v) is 2.31. The molecule has 0 aliphatic rings. The molecule has 5 N–H and O–H groups in total. The second-order valence-electron chi connectivity index (χ2n) is 3.46. The number of carboxylic acids is 1. The van der Waals surface area contributed by atoms with Gasteiger partial charge in [-0.15, -0.1) is 0 Å². The van der Waals surface area contributed by atoms with E-state index in [0.29, 0.717) is 0 Å². The first-order chi connectivity index (χ1) is 6.46. The lowest BCUT2D eigenvalue weighted by molar-refractivity contribution is -0.140. The zero-order chi connectivity index (χ0) is 10.8. The number of hydrogen-bond acceptors (Lipinski definition) is 3. The summed E-state index contributed by atoms with van der Waals surface area (Å²) in [4.78, 5) is 10.7. The molecule has 4 heteroatoms. The van der Waals surface area contributed by atoms with Crippen molar-refractivity contribution >= 4 is 5.97 Å². The Morgan fingerprint density at radius 3 is 2.36 bits per heavy atom. The Bertz CT molecular complexity index is 322. The van der Waals surface area contributed by atoms with Crippen molar-refractivity contribution in [2.24, 2.45) is 11.5 Å². The fourth-order valence-electron chi connectivity index (χ4n) is 1.23. The van der Waals surface area contributed by atoms with Crippen LogP contribution in [0.4, 0.5) is 0 Å². The quantitative estimate of drug-likeness (QED) is 0.644. The highest BCUT2D eigenvalue weighted by atomic mass is 16.4. The topological polar surface area (TPSA) is 89.3 Å². The molecule has 0 radical (unpaired) electrons. The van der Waals surface area contributed by atoms with Crippen LogP contribution in [-0.4, -0.2) is 17.1 Å². The molecule has 0 heterocycles. The van der Waals surface area contributed by atoms with E-state index in [4.69, 9.17) is 16.6 Å². The highest BCUT2D eigenvalue weighted by molar-refractivity contribution is 5.75. The van der Waals surface area contributed by atoms with Crippen LogP contribution in [0.3, 0.4) is 0 Å². The van der Waals surface area contributed by atoms with E-state index in [0.717, 1.165) is 5.56 Å². The first kappa shape index (κ1) is 10.7. The van der Waals surface area contributed by atoms with Gasteiger partial charge in [0.1, 0.15) is 6.04 Å². The predicted molar refractivity (Wildman–Crippen MR) is 53.6 cm³/mol. The summed E-state index contributed by atoms with van der Waals surface area (Å²) in [5.74, 6) is -1.10. The second-order valence-corrected chi connectivity index (χ2v) is 3.46. The van der Waals surface area contributed by atoms with Gasteiger partial charge in [-0.1, -0.05) is 30.3 Å². The van der Waals surface area contributed by atoms with Crippen LogP contribution < -0.4 is 11.5 Å². The molecular formula is C10H14N2O2. The standard InChI is InChI=1S/C10H14N2O2/c1-10(12,8(11)9(13)14)7-5-3-2-4-6-7/h2-6,8H,11-12H2,1H3,(H,13,14)/t8-,10-/m0/s1. The Morgan fingerprint density at radius 2 is 1.93 bits per heavy atom. The van der Waals surface area contributed by atoms with Gasteiger partial charge in [-0.05, 0) is 12.5 Å². The van der Waals surface area contributed by atoms with E-state index < -0.39 is 17.6 Å². The van der Waals surface area contributed by atoms with E-state index in [1.807, 2.05) is 6.07 Å². The third-order valence-electron chi connectivity index (χ3n) is 2.31. The molecule has 2 atom stereocenters. The summed E-state index contributed by atoms with van der Waals surface area (Å²) >= 11 is 0. The van der Waals surface area contributed by atoms with Gasteiger partial charge in [-0.2, -0.15) is 0 Å². The lowest BCUT2D eigenvalue weighted by Crippen LogP contribution is -2.54. The molecule has 0 saturated carbocycles. The Kier molecular flexibility index (Phi) is 2.88. The molecule has 0 aliphatic carbocycles. The maximum absolute atomic E-state index is 10.7. The fraction of sp³-hybridized carbons (Fsp3) is 0.300. The minimum Gasteiger partial charge on any atom is -0.480 e. The molecule has 76 valence electrons. The van der Waals surface area contributed by atoms with E-state index in [1.165, 1.54) is 0 Å². The summed E-state index contributed by atoms with van der Waals surface area (Å²) < 4.78 is 0. The van der Waals surface area contributed by atoms with Crippen molar-refractivity contribution in [3.63, 3.8) is 0 Å². The smallest absolute Gasteiger partial charge is 0.322 e. The number of benzene rings is 1. The Morgan fingerprint density at radius 1 is 1.43 bits per heavy atom. The molecule has 0 saturated heterocycles. The Hall–Kier alpha value is -1.39. The number of nitrogens with two attached hydrogens (primary N) is 2. The summed E-state index contributed by atoms with van der Waals surface area (Å²) in [5.41, 5.74) is 11.0. The summed E-state index contributed by atoms with van der Waals surface area (Å²) in [7, 11) is 0. The zero-order valence-corrected chi connectivity index (χ0v) is 7.97. The highest BCUT2D eigenvalue weighted by Gasteiger charge is 2.34. The Labute approximate surface area is 82.5 Å². The molecule has 0 spiro atoms. The molecule has 0 unspecified atom stereocenters. The average Bonchev–Trinajstić information content (AvgIpc) is 2.18. The van der Waals surface area contributed by atoms with Gasteiger partial charge in [-0.25, -0.2) is 0 Å². The molecule has 0 aliphatic heterocycles. The molecule has 4 nitrogen and oxygen atoms in total. The van der Waals surface area contributed by atoms with Gasteiger partial charge in [0.2, 0.25) is 0 Å². The van der Waals surface area contributed by atoms with E-state index in [9.17, 15) is 4.79 Å². The van der Waals surface area contributed by atoms with Crippen LogP contribution in [0.1, 0.15) is 12.5 Å². The molecule has 0 fully saturated rings. The predicted octanol–water partition coefficient (Wildman–Crippen LogP) is 0.272. The van der Waals surface area contributed by atoms with Crippen LogP contribution in [0.2, 0.25) is 0 Å². The monoisotopic (exact) mass is 194 g/mol. The summed E-state index contributed by atoms with van der Waals surface area (Å²) in [6, 6.07) is 7.87. The van der Waals surface area contributed by atoms with Gasteiger partial charge in [0.25, 0.3) is 0 Å². The van der Waals surface area contributed by atoms with Crippen LogP contribution in [-0.2, 0) is 10.3 Å². The normalized spacial score (nSPS) is 17.1. The molecular weight excluding hydrogens is 180 g/mol. The number of aliphatic carboxylic acids is 1. The molecule has 1 rings (SSSR count). The minimum absolute atomic E-state index is 0.718. The van der Waals surface area contributed by atoms with Crippen molar-refractivity contribution in [3.8, 4) is 0 Å². The minimum atomic E-state index is -1.11. The van der Waals surface area contributed by atoms with Crippen LogP contribution in [0, 0.1) is 0 Å². The second kappa shape index (κ2) is 3.77. The van der Waals surface area contributed by atoms with Gasteiger partial charge >= 0.3 is 5.97 Å². The van der Waals surface area contributed by atoms with Gasteiger partial charge in [0.15, 0.2) is 0 Å². The van der Waals surface area contributed by atoms with Crippen molar-refractivity contribution in [1.29, 1.82) is 0 Å². The molecule has 0 aromatic heterocycles. The van der Waals surface area contributed by atoms with Crippen molar-refractivity contribution < 1.29 is 9.90 Å². The van der Waals surface area contributed by atoms with E-state index in [-0.39, 0.29) is 0 Å². The highest BCUT2D eigenvalue weighted by Crippen LogP contribution is 2.20. The fourth-order valence-corrected chi connectivity index (χ4v) is 1.23. The van der Waals surface area contributed by atoms with Gasteiger partial charge < -0.3 is 16.6 Å². The largest absolute Gasteiger partial charge is 0.480 e. The number of carboxylic acid groups (broad SMARTS) is 1. The first-order valence-corrected chi connectivity index (χ1v) is 4.29. The number of rotatable bonds is 3. The lowest BCUT2D eigenvalue weighted by Gasteiger charge is -2.28. The number of hydrogen-bond donors (Lipinski definition) is 3. The SMILES string of the molecule is C[C@](N)(c1ccccc1)[C@@H](N)C(=O)O. The molecule has 1 aromatic carbocycles. The maximum Gasteiger partial charge on any atom is 0.322 e. The van der Waals surface area contributed by atoms with E-state index in [1.54, 1.807) is 31.2 Å². The van der Waals surface area contributed by atoms with Crippen LogP contribution in [0.25, 0.3) is 0 Å². The van der Waals surface area contributed by atoms with Crippen LogP contribution >= 0.6 is 0 Å². The molecule has 14 heavy (non-hydrogen) atoms.